The molecular formula is C13H25N7O. The fraction of sp³-hybridized carbons (Fsp3) is 0.692. The molecule has 0 atom stereocenters. The van der Waals surface area contributed by atoms with Crippen LogP contribution < -0.4 is 20.9 Å². The predicted octanol–water partition coefficient (Wildman–Crippen LogP) is 0.262. The lowest BCUT2D eigenvalue weighted by molar-refractivity contribution is -0.119. The summed E-state index contributed by atoms with van der Waals surface area (Å²) in [5, 5.41) is 2.81. The predicted molar refractivity (Wildman–Crippen MR) is 84.4 cm³/mol. The molecule has 0 aliphatic heterocycles. The van der Waals surface area contributed by atoms with Crippen molar-refractivity contribution in [3.8, 4) is 0 Å². The third-order valence-corrected chi connectivity index (χ3v) is 2.97. The maximum Gasteiger partial charge on any atom is 0.239 e. The first kappa shape index (κ1) is 16.9. The zero-order valence-corrected chi connectivity index (χ0v) is 13.3. The van der Waals surface area contributed by atoms with Crippen molar-refractivity contribution in [2.45, 2.75) is 27.2 Å². The molecule has 118 valence electrons. The van der Waals surface area contributed by atoms with E-state index >= 15 is 0 Å². The van der Waals surface area contributed by atoms with Crippen LogP contribution in [0.3, 0.4) is 0 Å². The Hall–Kier alpha value is -2.12. The van der Waals surface area contributed by atoms with E-state index < -0.39 is 0 Å². The van der Waals surface area contributed by atoms with Gasteiger partial charge in [0.25, 0.3) is 0 Å². The van der Waals surface area contributed by atoms with Crippen LogP contribution in [0.1, 0.15) is 27.2 Å². The van der Waals surface area contributed by atoms with Crippen molar-refractivity contribution < 1.29 is 4.79 Å². The molecule has 0 saturated heterocycles. The number of nitrogens with one attached hydrogen (secondary N) is 1. The number of hydrogen-bond acceptors (Lipinski definition) is 7. The Labute approximate surface area is 125 Å². The summed E-state index contributed by atoms with van der Waals surface area (Å²) in [4.78, 5) is 28.0. The lowest BCUT2D eigenvalue weighted by Crippen LogP contribution is -2.36. The van der Waals surface area contributed by atoms with Crippen molar-refractivity contribution in [3.63, 3.8) is 0 Å². The van der Waals surface area contributed by atoms with Crippen LogP contribution in [0.5, 0.6) is 0 Å². The van der Waals surface area contributed by atoms with Gasteiger partial charge in [0.1, 0.15) is 0 Å². The summed E-state index contributed by atoms with van der Waals surface area (Å²) in [5.74, 6) is 1.02. The quantitative estimate of drug-likeness (QED) is 0.709. The molecule has 8 heteroatoms. The van der Waals surface area contributed by atoms with Gasteiger partial charge in [0.15, 0.2) is 0 Å². The normalized spacial score (nSPS) is 10.3. The van der Waals surface area contributed by atoms with Gasteiger partial charge in [-0.05, 0) is 20.3 Å². The SMILES string of the molecule is CCCNC(=O)CN(C)c1nc(N)nc(N(CC)CC)n1. The smallest absolute Gasteiger partial charge is 0.239 e. The van der Waals surface area contributed by atoms with Crippen molar-refractivity contribution in [2.24, 2.45) is 0 Å². The Morgan fingerprint density at radius 1 is 1.14 bits per heavy atom. The molecule has 0 aromatic carbocycles. The molecule has 0 aliphatic rings. The number of hydrogen-bond donors (Lipinski definition) is 2. The van der Waals surface area contributed by atoms with Crippen molar-refractivity contribution in [1.29, 1.82) is 0 Å². The molecule has 8 nitrogen and oxygen atoms in total. The number of carbonyl (C=O) groups excluding carboxylic acids is 1. The second-order valence-electron chi connectivity index (χ2n) is 4.67. The number of aromatic nitrogens is 3. The van der Waals surface area contributed by atoms with Gasteiger partial charge in [-0.25, -0.2) is 0 Å². The van der Waals surface area contributed by atoms with Gasteiger partial charge < -0.3 is 20.9 Å². The Bertz CT molecular complexity index is 462. The first-order valence-corrected chi connectivity index (χ1v) is 7.26. The van der Waals surface area contributed by atoms with Gasteiger partial charge in [-0.1, -0.05) is 6.92 Å². The van der Waals surface area contributed by atoms with Gasteiger partial charge in [-0.15, -0.1) is 0 Å². The van der Waals surface area contributed by atoms with Gasteiger partial charge in [-0.3, -0.25) is 4.79 Å². The molecule has 0 fully saturated rings. The van der Waals surface area contributed by atoms with Crippen LogP contribution in [0.4, 0.5) is 17.8 Å². The summed E-state index contributed by atoms with van der Waals surface area (Å²) in [5.41, 5.74) is 5.74. The van der Waals surface area contributed by atoms with Gasteiger partial charge in [0.2, 0.25) is 23.8 Å². The van der Waals surface area contributed by atoms with E-state index in [0.29, 0.717) is 18.4 Å². The molecule has 21 heavy (non-hydrogen) atoms. The summed E-state index contributed by atoms with van der Waals surface area (Å²) in [6.45, 7) is 8.45. The second kappa shape index (κ2) is 8.23. The van der Waals surface area contributed by atoms with Crippen LogP contribution in [-0.2, 0) is 4.79 Å². The third-order valence-electron chi connectivity index (χ3n) is 2.97. The average molecular weight is 295 g/mol. The molecule has 1 rings (SSSR count). The lowest BCUT2D eigenvalue weighted by Gasteiger charge is -2.21. The molecule has 1 amide bonds. The zero-order chi connectivity index (χ0) is 15.8. The number of nitrogens with two attached hydrogens (primary N) is 1. The zero-order valence-electron chi connectivity index (χ0n) is 13.3. The van der Waals surface area contributed by atoms with E-state index in [9.17, 15) is 4.79 Å². The van der Waals surface area contributed by atoms with E-state index in [2.05, 4.69) is 20.3 Å². The van der Waals surface area contributed by atoms with Crippen LogP contribution in [-0.4, -0.2) is 54.1 Å². The molecule has 1 heterocycles. The van der Waals surface area contributed by atoms with E-state index in [1.165, 1.54) is 0 Å². The van der Waals surface area contributed by atoms with Crippen molar-refractivity contribution in [3.05, 3.63) is 0 Å². The summed E-state index contributed by atoms with van der Waals surface area (Å²) < 4.78 is 0. The maximum absolute atomic E-state index is 11.7. The van der Waals surface area contributed by atoms with Crippen LogP contribution in [0.15, 0.2) is 0 Å². The molecule has 0 radical (unpaired) electrons. The summed E-state index contributed by atoms with van der Waals surface area (Å²) in [7, 11) is 1.76. The second-order valence-corrected chi connectivity index (χ2v) is 4.67. The number of carbonyl (C=O) groups is 1. The van der Waals surface area contributed by atoms with Gasteiger partial charge in [-0.2, -0.15) is 15.0 Å². The van der Waals surface area contributed by atoms with E-state index in [1.54, 1.807) is 11.9 Å². The minimum Gasteiger partial charge on any atom is -0.368 e. The topological polar surface area (TPSA) is 100 Å². The Kier molecular flexibility index (Phi) is 6.64. The highest BCUT2D eigenvalue weighted by molar-refractivity contribution is 5.80. The van der Waals surface area contributed by atoms with Crippen LogP contribution >= 0.6 is 0 Å². The first-order chi connectivity index (χ1) is 10.0. The van der Waals surface area contributed by atoms with Crippen molar-refractivity contribution in [1.82, 2.24) is 20.3 Å². The lowest BCUT2D eigenvalue weighted by atomic mass is 10.4. The molecule has 3 N–H and O–H groups in total. The van der Waals surface area contributed by atoms with E-state index in [1.807, 2.05) is 25.7 Å². The van der Waals surface area contributed by atoms with Crippen molar-refractivity contribution >= 4 is 23.8 Å². The molecule has 0 saturated carbocycles. The van der Waals surface area contributed by atoms with Crippen LogP contribution in [0.2, 0.25) is 0 Å². The van der Waals surface area contributed by atoms with Crippen LogP contribution in [0.25, 0.3) is 0 Å². The fourth-order valence-electron chi connectivity index (χ4n) is 1.79. The number of nitrogen functional groups attached to an aromatic ring is 1. The molecule has 1 aromatic heterocycles. The van der Waals surface area contributed by atoms with Crippen molar-refractivity contribution in [2.75, 3.05) is 48.8 Å². The average Bonchev–Trinajstić information content (AvgIpc) is 2.45. The summed E-state index contributed by atoms with van der Waals surface area (Å²) in [6.07, 6.45) is 0.903. The molecular weight excluding hydrogens is 270 g/mol. The minimum atomic E-state index is -0.0669. The number of rotatable bonds is 8. The number of anilines is 3. The highest BCUT2D eigenvalue weighted by atomic mass is 16.2. The minimum absolute atomic E-state index is 0.0669. The number of likely N-dealkylation sites (N-methyl/N-ethyl adjacent to an activating group) is 1. The molecule has 1 aromatic rings. The standard InChI is InChI=1S/C13H25N7O/c1-5-8-15-10(21)9-19(4)12-16-11(14)17-13(18-12)20(6-2)7-3/h5-9H2,1-4H3,(H,15,21)(H2,14,16,17,18). The number of amides is 1. The molecule has 0 spiro atoms. The fourth-order valence-corrected chi connectivity index (χ4v) is 1.79. The van der Waals surface area contributed by atoms with E-state index in [-0.39, 0.29) is 18.4 Å². The highest BCUT2D eigenvalue weighted by Crippen LogP contribution is 2.13. The summed E-state index contributed by atoms with van der Waals surface area (Å²) >= 11 is 0. The maximum atomic E-state index is 11.7. The molecule has 0 aliphatic carbocycles. The number of nitrogens with zero attached hydrogens (tertiary/aromatic N) is 5. The molecule has 0 bridgehead atoms. The van der Waals surface area contributed by atoms with E-state index in [0.717, 1.165) is 19.5 Å². The van der Waals surface area contributed by atoms with E-state index in [4.69, 9.17) is 5.73 Å². The van der Waals surface area contributed by atoms with Gasteiger partial charge >= 0.3 is 0 Å². The first-order valence-electron chi connectivity index (χ1n) is 7.26. The summed E-state index contributed by atoms with van der Waals surface area (Å²) in [6, 6.07) is 0. The Morgan fingerprint density at radius 2 is 1.76 bits per heavy atom. The van der Waals surface area contributed by atoms with Gasteiger partial charge in [0, 0.05) is 26.7 Å². The largest absolute Gasteiger partial charge is 0.368 e. The van der Waals surface area contributed by atoms with Gasteiger partial charge in [0.05, 0.1) is 6.54 Å². The monoisotopic (exact) mass is 295 g/mol. The highest BCUT2D eigenvalue weighted by Gasteiger charge is 2.14. The van der Waals surface area contributed by atoms with Crippen LogP contribution in [0, 0.1) is 0 Å². The Balaban J connectivity index is 2.84. The molecule has 0 unspecified atom stereocenters. The Morgan fingerprint density at radius 3 is 2.33 bits per heavy atom. The third kappa shape index (κ3) is 5.05.